The van der Waals surface area contributed by atoms with Crippen LogP contribution in [0.25, 0.3) is 16.3 Å². The third kappa shape index (κ3) is 3.98. The molecule has 4 aromatic rings. The number of imidazole rings is 1. The molecule has 0 bridgehead atoms. The fourth-order valence-electron chi connectivity index (χ4n) is 2.91. The smallest absolute Gasteiger partial charge is 0.244 e. The van der Waals surface area contributed by atoms with Crippen molar-refractivity contribution in [3.8, 4) is 0 Å². The maximum atomic E-state index is 12.6. The van der Waals surface area contributed by atoms with Gasteiger partial charge in [-0.05, 0) is 35.9 Å². The molecule has 0 radical (unpaired) electrons. The summed E-state index contributed by atoms with van der Waals surface area (Å²) in [6.07, 6.45) is 6.80. The number of halogens is 1. The van der Waals surface area contributed by atoms with E-state index < -0.39 is 0 Å². The van der Waals surface area contributed by atoms with Crippen LogP contribution in [0.2, 0.25) is 5.02 Å². The third-order valence-electron chi connectivity index (χ3n) is 4.29. The Kier molecular flexibility index (Phi) is 5.23. The molecule has 2 aromatic heterocycles. The van der Waals surface area contributed by atoms with Crippen LogP contribution in [-0.2, 0) is 11.8 Å². The van der Waals surface area contributed by atoms with E-state index in [2.05, 4.69) is 15.3 Å². The van der Waals surface area contributed by atoms with Crippen molar-refractivity contribution in [3.63, 3.8) is 0 Å². The average Bonchev–Trinajstić information content (AvgIpc) is 3.31. The van der Waals surface area contributed by atoms with E-state index in [1.165, 1.54) is 6.08 Å². The van der Waals surface area contributed by atoms with Crippen LogP contribution in [0.5, 0.6) is 0 Å². The lowest BCUT2D eigenvalue weighted by atomic mass is 10.1. The molecule has 0 aliphatic carbocycles. The van der Waals surface area contributed by atoms with Gasteiger partial charge in [0, 0.05) is 30.5 Å². The molecule has 0 saturated carbocycles. The summed E-state index contributed by atoms with van der Waals surface area (Å²) in [5.41, 5.74) is 1.83. The van der Waals surface area contributed by atoms with E-state index in [0.29, 0.717) is 5.02 Å². The first kappa shape index (κ1) is 18.4. The van der Waals surface area contributed by atoms with E-state index >= 15 is 0 Å². The van der Waals surface area contributed by atoms with Gasteiger partial charge in [0.2, 0.25) is 5.91 Å². The molecule has 0 unspecified atom stereocenters. The van der Waals surface area contributed by atoms with Crippen molar-refractivity contribution < 1.29 is 4.79 Å². The first-order chi connectivity index (χ1) is 13.6. The Morgan fingerprint density at radius 1 is 1.21 bits per heavy atom. The molecule has 2 heterocycles. The highest BCUT2D eigenvalue weighted by Gasteiger charge is 2.19. The van der Waals surface area contributed by atoms with Crippen LogP contribution in [0.4, 0.5) is 0 Å². The summed E-state index contributed by atoms with van der Waals surface area (Å²) in [7, 11) is 1.90. The standard InChI is InChI=1S/C21H17ClN4OS/c1-26-13-12-23-21(26)20(14-6-8-15(22)9-7-14)25-18(27)10-11-19-24-16-4-2-3-5-17(16)28-19/h2-13,20H,1H3,(H,25,27)/b11-10+/t20-/m0/s1. The van der Waals surface area contributed by atoms with E-state index in [1.54, 1.807) is 35.7 Å². The van der Waals surface area contributed by atoms with Gasteiger partial charge in [0.15, 0.2) is 0 Å². The van der Waals surface area contributed by atoms with Gasteiger partial charge >= 0.3 is 0 Å². The van der Waals surface area contributed by atoms with Crippen LogP contribution in [-0.4, -0.2) is 20.4 Å². The maximum Gasteiger partial charge on any atom is 0.244 e. The predicted molar refractivity (Wildman–Crippen MR) is 113 cm³/mol. The lowest BCUT2D eigenvalue weighted by molar-refractivity contribution is -0.117. The third-order valence-corrected chi connectivity index (χ3v) is 5.55. The quantitative estimate of drug-likeness (QED) is 0.491. The summed E-state index contributed by atoms with van der Waals surface area (Å²) in [6.45, 7) is 0. The summed E-state index contributed by atoms with van der Waals surface area (Å²) >= 11 is 7.55. The lowest BCUT2D eigenvalue weighted by Crippen LogP contribution is -2.29. The molecule has 2 aromatic carbocycles. The van der Waals surface area contributed by atoms with Gasteiger partial charge in [0.05, 0.1) is 10.2 Å². The van der Waals surface area contributed by atoms with Gasteiger partial charge in [0.25, 0.3) is 0 Å². The highest BCUT2D eigenvalue weighted by Crippen LogP contribution is 2.24. The van der Waals surface area contributed by atoms with Crippen molar-refractivity contribution in [2.45, 2.75) is 6.04 Å². The number of thiazole rings is 1. The van der Waals surface area contributed by atoms with Crippen molar-refractivity contribution >= 4 is 45.1 Å². The Bertz CT molecular complexity index is 1110. The topological polar surface area (TPSA) is 59.8 Å². The summed E-state index contributed by atoms with van der Waals surface area (Å²) < 4.78 is 2.98. The highest BCUT2D eigenvalue weighted by atomic mass is 35.5. The zero-order chi connectivity index (χ0) is 19.5. The van der Waals surface area contributed by atoms with Gasteiger partial charge in [-0.1, -0.05) is 35.9 Å². The largest absolute Gasteiger partial charge is 0.339 e. The van der Waals surface area contributed by atoms with Crippen LogP contribution in [0.3, 0.4) is 0 Å². The fraction of sp³-hybridized carbons (Fsp3) is 0.0952. The molecule has 1 amide bonds. The zero-order valence-corrected chi connectivity index (χ0v) is 16.6. The highest BCUT2D eigenvalue weighted by molar-refractivity contribution is 7.19. The molecular weight excluding hydrogens is 392 g/mol. The van der Waals surface area contributed by atoms with Crippen LogP contribution < -0.4 is 5.32 Å². The number of hydrogen-bond acceptors (Lipinski definition) is 4. The van der Waals surface area contributed by atoms with E-state index in [9.17, 15) is 4.79 Å². The predicted octanol–water partition coefficient (Wildman–Crippen LogP) is 4.60. The number of carbonyl (C=O) groups is 1. The summed E-state index contributed by atoms with van der Waals surface area (Å²) in [5.74, 6) is 0.520. The molecule has 1 N–H and O–H groups in total. The van der Waals surface area contributed by atoms with Crippen LogP contribution in [0.15, 0.2) is 67.0 Å². The molecule has 0 fully saturated rings. The van der Waals surface area contributed by atoms with E-state index in [-0.39, 0.29) is 11.9 Å². The molecule has 0 saturated heterocycles. The number of para-hydroxylation sites is 1. The number of fused-ring (bicyclic) bond motifs is 1. The van der Waals surface area contributed by atoms with Crippen molar-refractivity contribution in [2.24, 2.45) is 7.05 Å². The fourth-order valence-corrected chi connectivity index (χ4v) is 3.90. The number of aryl methyl sites for hydroxylation is 1. The molecular formula is C21H17ClN4OS. The second-order valence-electron chi connectivity index (χ2n) is 6.24. The van der Waals surface area contributed by atoms with Gasteiger partial charge in [-0.2, -0.15) is 0 Å². The second kappa shape index (κ2) is 7.96. The van der Waals surface area contributed by atoms with Gasteiger partial charge in [-0.3, -0.25) is 4.79 Å². The van der Waals surface area contributed by atoms with E-state index in [0.717, 1.165) is 26.6 Å². The summed E-state index contributed by atoms with van der Waals surface area (Å²) in [5, 5.41) is 4.46. The van der Waals surface area contributed by atoms with Crippen LogP contribution >= 0.6 is 22.9 Å². The molecule has 0 aliphatic rings. The molecule has 140 valence electrons. The van der Waals surface area contributed by atoms with Crippen molar-refractivity contribution in [2.75, 3.05) is 0 Å². The number of benzene rings is 2. The number of carbonyl (C=O) groups excluding carboxylic acids is 1. The normalized spacial score (nSPS) is 12.5. The van der Waals surface area contributed by atoms with Crippen molar-refractivity contribution in [3.05, 3.63) is 88.4 Å². The minimum Gasteiger partial charge on any atom is -0.339 e. The Morgan fingerprint density at radius 3 is 2.71 bits per heavy atom. The minimum absolute atomic E-state index is 0.220. The Morgan fingerprint density at radius 2 is 2.00 bits per heavy atom. The number of rotatable bonds is 5. The summed E-state index contributed by atoms with van der Waals surface area (Å²) in [4.78, 5) is 21.5. The summed E-state index contributed by atoms with van der Waals surface area (Å²) in [6, 6.07) is 14.9. The zero-order valence-electron chi connectivity index (χ0n) is 15.0. The minimum atomic E-state index is -0.384. The molecule has 28 heavy (non-hydrogen) atoms. The lowest BCUT2D eigenvalue weighted by Gasteiger charge is -2.18. The molecule has 0 aliphatic heterocycles. The monoisotopic (exact) mass is 408 g/mol. The maximum absolute atomic E-state index is 12.6. The van der Waals surface area contributed by atoms with Crippen molar-refractivity contribution in [1.82, 2.24) is 19.9 Å². The van der Waals surface area contributed by atoms with Gasteiger partial charge in [0.1, 0.15) is 16.9 Å². The Labute approximate surface area is 171 Å². The van der Waals surface area contributed by atoms with Crippen LogP contribution in [0, 0.1) is 0 Å². The first-order valence-corrected chi connectivity index (χ1v) is 9.86. The van der Waals surface area contributed by atoms with Crippen LogP contribution in [0.1, 0.15) is 22.4 Å². The second-order valence-corrected chi connectivity index (χ2v) is 7.74. The number of nitrogens with one attached hydrogen (secondary N) is 1. The molecule has 7 heteroatoms. The molecule has 0 spiro atoms. The first-order valence-electron chi connectivity index (χ1n) is 8.67. The molecule has 5 nitrogen and oxygen atoms in total. The Balaban J connectivity index is 1.56. The van der Waals surface area contributed by atoms with E-state index in [4.69, 9.17) is 11.6 Å². The van der Waals surface area contributed by atoms with Gasteiger partial charge in [-0.25, -0.2) is 9.97 Å². The van der Waals surface area contributed by atoms with Crippen molar-refractivity contribution in [1.29, 1.82) is 0 Å². The molecule has 4 rings (SSSR count). The average molecular weight is 409 g/mol. The van der Waals surface area contributed by atoms with Gasteiger partial charge in [-0.15, -0.1) is 11.3 Å². The SMILES string of the molecule is Cn1ccnc1[C@@H](NC(=O)/C=C/c1nc2ccccc2s1)c1ccc(Cl)cc1. The number of nitrogens with zero attached hydrogens (tertiary/aromatic N) is 3. The number of hydrogen-bond donors (Lipinski definition) is 1. The number of aromatic nitrogens is 3. The molecule has 1 atom stereocenters. The Hall–Kier alpha value is -2.96. The van der Waals surface area contributed by atoms with Gasteiger partial charge < -0.3 is 9.88 Å². The van der Waals surface area contributed by atoms with E-state index in [1.807, 2.05) is 54.2 Å². The number of amides is 1.